The Balaban J connectivity index is 0.000000169. The fourth-order valence-electron chi connectivity index (χ4n) is 13.8. The lowest BCUT2D eigenvalue weighted by Gasteiger charge is -2.63. The molecule has 0 aliphatic heterocycles. The van der Waals surface area contributed by atoms with E-state index in [4.69, 9.17) is 18.9 Å². The molecule has 2 N–H and O–H groups in total. The summed E-state index contributed by atoms with van der Waals surface area (Å²) in [4.78, 5) is 48.3. The molecule has 10 aliphatic carbocycles. The maximum atomic E-state index is 12.8. The molecule has 10 heteroatoms. The van der Waals surface area contributed by atoms with Gasteiger partial charge in [-0.3, -0.25) is 0 Å². The molecule has 2 amide bonds. The van der Waals surface area contributed by atoms with Crippen molar-refractivity contribution in [1.29, 1.82) is 0 Å². The predicted octanol–water partition coefficient (Wildman–Crippen LogP) is 8.82. The Kier molecular flexibility index (Phi) is 12.6. The number of carbonyl (C=O) groups excluding carboxylic acids is 4. The van der Waals surface area contributed by atoms with Gasteiger partial charge in [0.1, 0.15) is 24.4 Å². The molecular formula is C45H68N2O8. The van der Waals surface area contributed by atoms with Gasteiger partial charge in [-0.15, -0.1) is 0 Å². The molecule has 0 unspecified atom stereocenters. The molecule has 10 saturated carbocycles. The summed E-state index contributed by atoms with van der Waals surface area (Å²) in [5.41, 5.74) is 0.230. The number of esters is 2. The molecule has 8 bridgehead atoms. The van der Waals surface area contributed by atoms with Crippen molar-refractivity contribution in [3.63, 3.8) is 0 Å². The molecule has 306 valence electrons. The van der Waals surface area contributed by atoms with Gasteiger partial charge < -0.3 is 29.6 Å². The third kappa shape index (κ3) is 8.49. The third-order valence-electron chi connectivity index (χ3n) is 15.5. The second kappa shape index (κ2) is 17.2. The highest BCUT2D eigenvalue weighted by atomic mass is 16.6. The summed E-state index contributed by atoms with van der Waals surface area (Å²) in [6.45, 7) is 11.2. The van der Waals surface area contributed by atoms with E-state index in [0.29, 0.717) is 46.7 Å². The molecule has 0 saturated heterocycles. The lowest BCUT2D eigenvalue weighted by molar-refractivity contribution is -0.206. The highest BCUT2D eigenvalue weighted by Gasteiger charge is 2.64. The van der Waals surface area contributed by atoms with Crippen LogP contribution in [-0.4, -0.2) is 61.6 Å². The number of nitrogens with one attached hydrogen (secondary N) is 2. The summed E-state index contributed by atoms with van der Waals surface area (Å²) in [6, 6.07) is 0. The van der Waals surface area contributed by atoms with Crippen molar-refractivity contribution in [3.8, 4) is 0 Å². The van der Waals surface area contributed by atoms with E-state index in [0.717, 1.165) is 23.7 Å². The fourth-order valence-corrected chi connectivity index (χ4v) is 13.8. The minimum atomic E-state index is -0.423. The lowest BCUT2D eigenvalue weighted by Crippen LogP contribution is -2.64. The van der Waals surface area contributed by atoms with Gasteiger partial charge in [0.2, 0.25) is 0 Å². The van der Waals surface area contributed by atoms with Gasteiger partial charge in [0, 0.05) is 11.1 Å². The largest absolute Gasteiger partial charge is 0.460 e. The van der Waals surface area contributed by atoms with Gasteiger partial charge in [0.25, 0.3) is 0 Å². The van der Waals surface area contributed by atoms with Crippen LogP contribution in [0, 0.1) is 59.2 Å². The monoisotopic (exact) mass is 764 g/mol. The standard InChI is InChI=1S/C23H35NO4.C22H33NO4/c1-15(2)21(25)27-9-8-24-22(26)28-23(18-6-4-3-5-7-18)19-11-16-10-17(13-19)14-20(23)12-16;1-14(2)20(24)26-8-7-23-21(25)27-22(17-5-3-4-6-17)18-10-15-9-16(12-18)13-19(22)11-15/h16-20H,1,3-14H2,2H3,(H,24,26);15-19H,1,3-13H2,2H3,(H,23,25). The van der Waals surface area contributed by atoms with Gasteiger partial charge in [-0.2, -0.15) is 0 Å². The van der Waals surface area contributed by atoms with Crippen LogP contribution in [0.4, 0.5) is 9.59 Å². The fraction of sp³-hybridized carbons (Fsp3) is 0.822. The zero-order valence-corrected chi connectivity index (χ0v) is 33.7. The third-order valence-corrected chi connectivity index (χ3v) is 15.5. The Bertz CT molecular complexity index is 1380. The minimum Gasteiger partial charge on any atom is -0.460 e. The van der Waals surface area contributed by atoms with Crippen LogP contribution in [-0.2, 0) is 28.5 Å². The Morgan fingerprint density at radius 1 is 0.491 bits per heavy atom. The van der Waals surface area contributed by atoms with E-state index in [1.54, 1.807) is 13.8 Å². The molecule has 0 heterocycles. The smallest absolute Gasteiger partial charge is 0.407 e. The number of carbonyl (C=O) groups is 4. The highest BCUT2D eigenvalue weighted by molar-refractivity contribution is 5.87. The van der Waals surface area contributed by atoms with E-state index >= 15 is 0 Å². The topological polar surface area (TPSA) is 129 Å². The summed E-state index contributed by atoms with van der Waals surface area (Å²) in [5, 5.41) is 5.65. The molecule has 10 nitrogen and oxygen atoms in total. The Labute approximate surface area is 329 Å². The highest BCUT2D eigenvalue weighted by Crippen LogP contribution is 2.65. The first-order valence-corrected chi connectivity index (χ1v) is 22.1. The van der Waals surface area contributed by atoms with Crippen molar-refractivity contribution in [3.05, 3.63) is 24.3 Å². The normalized spacial score (nSPS) is 37.0. The van der Waals surface area contributed by atoms with Crippen molar-refractivity contribution in [2.45, 2.75) is 147 Å². The van der Waals surface area contributed by atoms with Gasteiger partial charge in [0.15, 0.2) is 0 Å². The maximum absolute atomic E-state index is 12.8. The first kappa shape index (κ1) is 40.2. The van der Waals surface area contributed by atoms with Gasteiger partial charge in [-0.25, -0.2) is 19.2 Å². The number of hydrogen-bond acceptors (Lipinski definition) is 8. The molecule has 0 aromatic rings. The summed E-state index contributed by atoms with van der Waals surface area (Å²) >= 11 is 0. The Morgan fingerprint density at radius 2 is 0.800 bits per heavy atom. The molecule has 10 fully saturated rings. The van der Waals surface area contributed by atoms with Crippen LogP contribution in [0.1, 0.15) is 136 Å². The van der Waals surface area contributed by atoms with Crippen molar-refractivity contribution < 1.29 is 38.1 Å². The summed E-state index contributed by atoms with van der Waals surface area (Å²) in [7, 11) is 0. The minimum absolute atomic E-state index is 0.147. The van der Waals surface area contributed by atoms with E-state index in [2.05, 4.69) is 23.8 Å². The number of amides is 2. The molecule has 55 heavy (non-hydrogen) atoms. The van der Waals surface area contributed by atoms with Gasteiger partial charge in [-0.05, 0) is 163 Å². The van der Waals surface area contributed by atoms with Crippen LogP contribution in [0.15, 0.2) is 24.3 Å². The van der Waals surface area contributed by atoms with Gasteiger partial charge >= 0.3 is 24.1 Å². The number of rotatable bonds is 12. The molecule has 0 aromatic carbocycles. The molecule has 10 aliphatic rings. The van der Waals surface area contributed by atoms with Crippen LogP contribution in [0.2, 0.25) is 0 Å². The van der Waals surface area contributed by atoms with Crippen LogP contribution in [0.25, 0.3) is 0 Å². The van der Waals surface area contributed by atoms with Crippen LogP contribution in [0.3, 0.4) is 0 Å². The molecule has 10 rings (SSSR count). The summed E-state index contributed by atoms with van der Waals surface area (Å²) in [6.07, 6.45) is 23.2. The van der Waals surface area contributed by atoms with Crippen LogP contribution in [0.5, 0.6) is 0 Å². The Morgan fingerprint density at radius 3 is 1.11 bits per heavy atom. The first-order valence-electron chi connectivity index (χ1n) is 22.1. The average Bonchev–Trinajstić information content (AvgIpc) is 3.71. The second-order valence-corrected chi connectivity index (χ2v) is 19.1. The maximum Gasteiger partial charge on any atom is 0.407 e. The number of alkyl carbamates (subject to hydrolysis) is 2. The molecule has 0 radical (unpaired) electrons. The van der Waals surface area contributed by atoms with E-state index in [1.165, 1.54) is 122 Å². The average molecular weight is 765 g/mol. The number of ether oxygens (including phenoxy) is 4. The van der Waals surface area contributed by atoms with E-state index in [1.807, 2.05) is 0 Å². The van der Waals surface area contributed by atoms with Gasteiger partial charge in [0.05, 0.1) is 13.1 Å². The predicted molar refractivity (Wildman–Crippen MR) is 209 cm³/mol. The molecule has 0 atom stereocenters. The zero-order valence-electron chi connectivity index (χ0n) is 33.7. The summed E-state index contributed by atoms with van der Waals surface area (Å²) < 4.78 is 22.9. The molecular weight excluding hydrogens is 697 g/mol. The van der Waals surface area contributed by atoms with Crippen LogP contribution < -0.4 is 10.6 Å². The van der Waals surface area contributed by atoms with Gasteiger partial charge in [-0.1, -0.05) is 45.3 Å². The van der Waals surface area contributed by atoms with E-state index in [-0.39, 0.29) is 49.7 Å². The van der Waals surface area contributed by atoms with E-state index in [9.17, 15) is 19.2 Å². The molecule has 0 spiro atoms. The second-order valence-electron chi connectivity index (χ2n) is 19.1. The lowest BCUT2D eigenvalue weighted by atomic mass is 9.46. The SMILES string of the molecule is C=C(C)C(=O)OCCNC(=O)OC1(C2CCCC2)C2CC3CC(C2)CC1C3.C=C(C)C(=O)OCCNC(=O)OC1(C2CCCCC2)C2CC3CC(C2)CC1C3. The van der Waals surface area contributed by atoms with Crippen molar-refractivity contribution in [1.82, 2.24) is 10.6 Å². The zero-order chi connectivity index (χ0) is 38.7. The quantitative estimate of drug-likeness (QED) is 0.0874. The van der Waals surface area contributed by atoms with Crippen LogP contribution >= 0.6 is 0 Å². The molecule has 0 aromatic heterocycles. The number of hydrogen-bond donors (Lipinski definition) is 2. The van der Waals surface area contributed by atoms with E-state index < -0.39 is 11.9 Å². The van der Waals surface area contributed by atoms with Crippen molar-refractivity contribution in [2.75, 3.05) is 26.3 Å². The summed E-state index contributed by atoms with van der Waals surface area (Å²) in [5.74, 6) is 5.79. The van der Waals surface area contributed by atoms with Crippen molar-refractivity contribution in [2.24, 2.45) is 59.2 Å². The first-order chi connectivity index (χ1) is 26.5. The Hall–Kier alpha value is -3.04. The van der Waals surface area contributed by atoms with Crippen molar-refractivity contribution >= 4 is 24.1 Å².